The van der Waals surface area contributed by atoms with Crippen LogP contribution in [0.2, 0.25) is 0 Å². The summed E-state index contributed by atoms with van der Waals surface area (Å²) in [4.78, 5) is 5.36. The Labute approximate surface area is 114 Å². The van der Waals surface area contributed by atoms with E-state index < -0.39 is 0 Å². The smallest absolute Gasteiger partial charge is 0.123 e. The highest BCUT2D eigenvalue weighted by atomic mass is 32.2. The molecule has 0 unspecified atom stereocenters. The van der Waals surface area contributed by atoms with E-state index in [-0.39, 0.29) is 10.8 Å². The lowest BCUT2D eigenvalue weighted by Crippen LogP contribution is -2.11. The second-order valence-corrected chi connectivity index (χ2v) is 5.15. The third kappa shape index (κ3) is 3.51. The number of aromatic nitrogens is 1. The van der Waals surface area contributed by atoms with E-state index in [0.29, 0.717) is 11.4 Å². The lowest BCUT2D eigenvalue weighted by atomic mass is 10.2. The summed E-state index contributed by atoms with van der Waals surface area (Å²) in [5, 5.41) is 0. The van der Waals surface area contributed by atoms with E-state index in [1.54, 1.807) is 24.0 Å². The van der Waals surface area contributed by atoms with E-state index in [1.807, 2.05) is 18.2 Å². The number of hydrogen-bond donors (Lipinski definition) is 1. The predicted molar refractivity (Wildman–Crippen MR) is 76.1 cm³/mol. The average molecular weight is 278 g/mol. The zero-order valence-corrected chi connectivity index (χ0v) is 11.1. The topological polar surface area (TPSA) is 38.9 Å². The number of nitrogens with two attached hydrogens (primary N) is 1. The summed E-state index contributed by atoms with van der Waals surface area (Å²) in [6.45, 7) is 0. The highest BCUT2D eigenvalue weighted by molar-refractivity contribution is 7.98. The van der Waals surface area contributed by atoms with Crippen molar-refractivity contribution in [3.63, 3.8) is 0 Å². The molecular formula is C13H11FN2S2. The SMILES string of the molecule is NC(=S)c1cc(SCc2cccc(F)c2)ccn1. The molecule has 0 aliphatic rings. The number of hydrogen-bond acceptors (Lipinski definition) is 3. The first kappa shape index (κ1) is 13.0. The minimum absolute atomic E-state index is 0.216. The maximum Gasteiger partial charge on any atom is 0.123 e. The summed E-state index contributed by atoms with van der Waals surface area (Å²) in [6.07, 6.45) is 1.67. The van der Waals surface area contributed by atoms with Gasteiger partial charge >= 0.3 is 0 Å². The van der Waals surface area contributed by atoms with Crippen molar-refractivity contribution in [3.05, 3.63) is 59.7 Å². The van der Waals surface area contributed by atoms with Crippen LogP contribution in [0.25, 0.3) is 0 Å². The van der Waals surface area contributed by atoms with Gasteiger partial charge in [0.05, 0.1) is 5.69 Å². The first-order valence-electron chi connectivity index (χ1n) is 5.28. The molecule has 0 radical (unpaired) electrons. The Morgan fingerprint density at radius 2 is 2.17 bits per heavy atom. The standard InChI is InChI=1S/C13H11FN2S2/c14-10-3-1-2-9(6-10)8-18-11-4-5-16-12(7-11)13(15)17/h1-7H,8H2,(H2,15,17). The van der Waals surface area contributed by atoms with Gasteiger partial charge in [0.25, 0.3) is 0 Å². The molecule has 0 atom stereocenters. The summed E-state index contributed by atoms with van der Waals surface area (Å²) in [7, 11) is 0. The van der Waals surface area contributed by atoms with Gasteiger partial charge in [0.2, 0.25) is 0 Å². The van der Waals surface area contributed by atoms with Gasteiger partial charge in [-0.05, 0) is 29.8 Å². The molecule has 0 saturated heterocycles. The van der Waals surface area contributed by atoms with Crippen LogP contribution in [0.4, 0.5) is 4.39 Å². The minimum Gasteiger partial charge on any atom is -0.388 e. The molecule has 2 rings (SSSR count). The van der Waals surface area contributed by atoms with Gasteiger partial charge in [-0.15, -0.1) is 11.8 Å². The fourth-order valence-corrected chi connectivity index (χ4v) is 2.41. The molecule has 5 heteroatoms. The molecule has 0 spiro atoms. The lowest BCUT2D eigenvalue weighted by Gasteiger charge is -2.04. The lowest BCUT2D eigenvalue weighted by molar-refractivity contribution is 0.626. The number of benzene rings is 1. The second kappa shape index (κ2) is 5.93. The zero-order chi connectivity index (χ0) is 13.0. The summed E-state index contributed by atoms with van der Waals surface area (Å²) in [6, 6.07) is 10.3. The maximum absolute atomic E-state index is 13.0. The molecule has 18 heavy (non-hydrogen) atoms. The van der Waals surface area contributed by atoms with Crippen molar-refractivity contribution in [1.29, 1.82) is 0 Å². The Hall–Kier alpha value is -1.46. The molecular weight excluding hydrogens is 267 g/mol. The molecule has 0 fully saturated rings. The van der Waals surface area contributed by atoms with Crippen molar-refractivity contribution < 1.29 is 4.39 Å². The molecule has 2 aromatic rings. The van der Waals surface area contributed by atoms with Crippen LogP contribution < -0.4 is 5.73 Å². The Morgan fingerprint density at radius 1 is 1.33 bits per heavy atom. The monoisotopic (exact) mass is 278 g/mol. The van der Waals surface area contributed by atoms with E-state index >= 15 is 0 Å². The van der Waals surface area contributed by atoms with E-state index in [2.05, 4.69) is 4.98 Å². The highest BCUT2D eigenvalue weighted by Gasteiger charge is 2.02. The number of thioether (sulfide) groups is 1. The molecule has 0 saturated carbocycles. The van der Waals surface area contributed by atoms with Gasteiger partial charge in [0.1, 0.15) is 10.8 Å². The molecule has 2 nitrogen and oxygen atoms in total. The van der Waals surface area contributed by atoms with Crippen molar-refractivity contribution in [3.8, 4) is 0 Å². The summed E-state index contributed by atoms with van der Waals surface area (Å²) >= 11 is 6.46. The van der Waals surface area contributed by atoms with E-state index in [0.717, 1.165) is 10.5 Å². The van der Waals surface area contributed by atoms with E-state index in [1.165, 1.54) is 12.1 Å². The Balaban J connectivity index is 2.06. The number of pyridine rings is 1. The van der Waals surface area contributed by atoms with E-state index in [9.17, 15) is 4.39 Å². The van der Waals surface area contributed by atoms with Crippen LogP contribution in [0.1, 0.15) is 11.3 Å². The fourth-order valence-electron chi connectivity index (χ4n) is 1.43. The Morgan fingerprint density at radius 3 is 2.89 bits per heavy atom. The third-order valence-corrected chi connectivity index (χ3v) is 3.55. The molecule has 0 aliphatic heterocycles. The van der Waals surface area contributed by atoms with Gasteiger partial charge < -0.3 is 5.73 Å². The third-order valence-electron chi connectivity index (χ3n) is 2.28. The summed E-state index contributed by atoms with van der Waals surface area (Å²) in [5.41, 5.74) is 7.06. The molecule has 92 valence electrons. The Kier molecular flexibility index (Phi) is 4.28. The van der Waals surface area contributed by atoms with Gasteiger partial charge in [-0.3, -0.25) is 4.98 Å². The minimum atomic E-state index is -0.216. The van der Waals surface area contributed by atoms with Crippen LogP contribution in [0.5, 0.6) is 0 Å². The maximum atomic E-state index is 13.0. The quantitative estimate of drug-likeness (QED) is 0.689. The van der Waals surface area contributed by atoms with Crippen LogP contribution in [0.3, 0.4) is 0 Å². The molecule has 1 aromatic heterocycles. The molecule has 0 aliphatic carbocycles. The van der Waals surface area contributed by atoms with Crippen molar-refractivity contribution >= 4 is 29.0 Å². The first-order chi connectivity index (χ1) is 8.65. The number of halogens is 1. The van der Waals surface area contributed by atoms with Gasteiger partial charge in [0.15, 0.2) is 0 Å². The molecule has 2 N–H and O–H groups in total. The van der Waals surface area contributed by atoms with Crippen LogP contribution in [-0.4, -0.2) is 9.97 Å². The first-order valence-corrected chi connectivity index (χ1v) is 6.67. The number of nitrogens with zero attached hydrogens (tertiary/aromatic N) is 1. The van der Waals surface area contributed by atoms with Gasteiger partial charge in [-0.25, -0.2) is 4.39 Å². The molecule has 1 aromatic carbocycles. The zero-order valence-electron chi connectivity index (χ0n) is 9.47. The van der Waals surface area contributed by atoms with Crippen LogP contribution in [0, 0.1) is 5.82 Å². The summed E-state index contributed by atoms with van der Waals surface area (Å²) in [5.74, 6) is 0.477. The number of thiocarbonyl (C=S) groups is 1. The largest absolute Gasteiger partial charge is 0.388 e. The van der Waals surface area contributed by atoms with Gasteiger partial charge in [0, 0.05) is 16.8 Å². The highest BCUT2D eigenvalue weighted by Crippen LogP contribution is 2.23. The molecule has 0 bridgehead atoms. The number of rotatable bonds is 4. The Bertz CT molecular complexity index is 572. The second-order valence-electron chi connectivity index (χ2n) is 3.66. The predicted octanol–water partition coefficient (Wildman–Crippen LogP) is 3.15. The van der Waals surface area contributed by atoms with Crippen LogP contribution in [-0.2, 0) is 5.75 Å². The van der Waals surface area contributed by atoms with Gasteiger partial charge in [-0.1, -0.05) is 24.4 Å². The summed E-state index contributed by atoms with van der Waals surface area (Å²) < 4.78 is 13.0. The van der Waals surface area contributed by atoms with Crippen molar-refractivity contribution in [1.82, 2.24) is 4.98 Å². The average Bonchev–Trinajstić information content (AvgIpc) is 2.37. The van der Waals surface area contributed by atoms with E-state index in [4.69, 9.17) is 18.0 Å². The molecule has 1 heterocycles. The normalized spacial score (nSPS) is 10.3. The fraction of sp³-hybridized carbons (Fsp3) is 0.0769. The van der Waals surface area contributed by atoms with Crippen LogP contribution >= 0.6 is 24.0 Å². The molecule has 0 amide bonds. The van der Waals surface area contributed by atoms with Gasteiger partial charge in [-0.2, -0.15) is 0 Å². The van der Waals surface area contributed by atoms with Crippen molar-refractivity contribution in [2.45, 2.75) is 10.6 Å². The van der Waals surface area contributed by atoms with Crippen molar-refractivity contribution in [2.75, 3.05) is 0 Å². The van der Waals surface area contributed by atoms with Crippen LogP contribution in [0.15, 0.2) is 47.5 Å². The van der Waals surface area contributed by atoms with Crippen molar-refractivity contribution in [2.24, 2.45) is 5.73 Å².